The van der Waals surface area contributed by atoms with Crippen LogP contribution < -0.4 is 0 Å². The minimum absolute atomic E-state index is 0.444. The van der Waals surface area contributed by atoms with E-state index in [9.17, 15) is 0 Å². The van der Waals surface area contributed by atoms with Gasteiger partial charge in [0.2, 0.25) is 0 Å². The van der Waals surface area contributed by atoms with Gasteiger partial charge in [0.1, 0.15) is 0 Å². The maximum atomic E-state index is 5.32. The van der Waals surface area contributed by atoms with Gasteiger partial charge in [0, 0.05) is 25.2 Å². The summed E-state index contributed by atoms with van der Waals surface area (Å²) >= 11 is 0. The van der Waals surface area contributed by atoms with E-state index in [0.717, 1.165) is 13.1 Å². The molecule has 11 heavy (non-hydrogen) atoms. The quantitative estimate of drug-likeness (QED) is 0.437. The molecular weight excluding hydrogens is 136 g/mol. The standard InChI is InChI=1S/C9H18N2/c1-6-11(9(2)3)8-7-10(4)5/h1,9H,7-8H2,2-5H3. The number of terminal acetylenes is 1. The first kappa shape index (κ1) is 10.3. The molecule has 0 bridgehead atoms. The lowest BCUT2D eigenvalue weighted by Crippen LogP contribution is -2.32. The zero-order valence-electron chi connectivity index (χ0n) is 7.96. The fraction of sp³-hybridized carbons (Fsp3) is 0.778. The first-order chi connectivity index (χ1) is 5.07. The Morgan fingerprint density at radius 3 is 2.09 bits per heavy atom. The monoisotopic (exact) mass is 154 g/mol. The summed E-state index contributed by atoms with van der Waals surface area (Å²) in [5.41, 5.74) is 0. The lowest BCUT2D eigenvalue weighted by molar-refractivity contribution is 0.282. The summed E-state index contributed by atoms with van der Waals surface area (Å²) in [6.45, 7) is 6.18. The van der Waals surface area contributed by atoms with E-state index in [1.807, 2.05) is 4.90 Å². The fourth-order valence-corrected chi connectivity index (χ4v) is 0.780. The van der Waals surface area contributed by atoms with Crippen LogP contribution >= 0.6 is 0 Å². The molecule has 0 fully saturated rings. The number of hydrogen-bond donors (Lipinski definition) is 0. The molecule has 0 spiro atoms. The van der Waals surface area contributed by atoms with Crippen molar-refractivity contribution in [2.45, 2.75) is 19.9 Å². The Bertz CT molecular complexity index is 133. The zero-order valence-corrected chi connectivity index (χ0v) is 7.96. The van der Waals surface area contributed by atoms with Crippen LogP contribution in [0, 0.1) is 12.5 Å². The van der Waals surface area contributed by atoms with Gasteiger partial charge < -0.3 is 9.80 Å². The first-order valence-corrected chi connectivity index (χ1v) is 3.95. The van der Waals surface area contributed by atoms with E-state index in [0.29, 0.717) is 6.04 Å². The average molecular weight is 154 g/mol. The van der Waals surface area contributed by atoms with E-state index in [1.165, 1.54) is 0 Å². The van der Waals surface area contributed by atoms with Crippen LogP contribution in [0.4, 0.5) is 0 Å². The molecule has 0 aromatic rings. The zero-order chi connectivity index (χ0) is 8.85. The third-order valence-electron chi connectivity index (χ3n) is 1.58. The third-order valence-corrected chi connectivity index (χ3v) is 1.58. The highest BCUT2D eigenvalue weighted by Gasteiger charge is 2.03. The van der Waals surface area contributed by atoms with Crippen molar-refractivity contribution in [2.75, 3.05) is 27.2 Å². The molecule has 0 aromatic carbocycles. The largest absolute Gasteiger partial charge is 0.329 e. The van der Waals surface area contributed by atoms with Crippen LogP contribution in [-0.4, -0.2) is 43.0 Å². The van der Waals surface area contributed by atoms with Crippen molar-refractivity contribution < 1.29 is 0 Å². The number of nitrogens with zero attached hydrogens (tertiary/aromatic N) is 2. The lowest BCUT2D eigenvalue weighted by atomic mass is 10.3. The molecule has 0 N–H and O–H groups in total. The number of rotatable bonds is 4. The van der Waals surface area contributed by atoms with Crippen molar-refractivity contribution in [3.05, 3.63) is 0 Å². The summed E-state index contributed by atoms with van der Waals surface area (Å²) in [5.74, 6) is 0. The van der Waals surface area contributed by atoms with Crippen molar-refractivity contribution in [1.29, 1.82) is 0 Å². The van der Waals surface area contributed by atoms with Gasteiger partial charge in [0.05, 0.1) is 0 Å². The first-order valence-electron chi connectivity index (χ1n) is 3.95. The molecule has 0 saturated carbocycles. The summed E-state index contributed by atoms with van der Waals surface area (Å²) < 4.78 is 0. The van der Waals surface area contributed by atoms with Gasteiger partial charge in [-0.25, -0.2) is 0 Å². The maximum Gasteiger partial charge on any atom is 0.0390 e. The normalized spacial score (nSPS) is 10.3. The molecular formula is C9H18N2. The summed E-state index contributed by atoms with van der Waals surface area (Å²) in [4.78, 5) is 4.13. The van der Waals surface area contributed by atoms with Crippen LogP contribution in [0.15, 0.2) is 0 Å². The molecule has 2 heteroatoms. The van der Waals surface area contributed by atoms with Crippen molar-refractivity contribution in [2.24, 2.45) is 0 Å². The van der Waals surface area contributed by atoms with Crippen LogP contribution in [0.2, 0.25) is 0 Å². The van der Waals surface area contributed by atoms with Gasteiger partial charge in [-0.3, -0.25) is 0 Å². The highest BCUT2D eigenvalue weighted by atomic mass is 15.2. The second-order valence-electron chi connectivity index (χ2n) is 3.22. The molecule has 0 amide bonds. The van der Waals surface area contributed by atoms with Crippen molar-refractivity contribution in [3.63, 3.8) is 0 Å². The highest BCUT2D eigenvalue weighted by Crippen LogP contribution is 1.94. The highest BCUT2D eigenvalue weighted by molar-refractivity contribution is 4.87. The van der Waals surface area contributed by atoms with E-state index >= 15 is 0 Å². The van der Waals surface area contributed by atoms with Crippen molar-refractivity contribution >= 4 is 0 Å². The molecule has 64 valence electrons. The second-order valence-corrected chi connectivity index (χ2v) is 3.22. The summed E-state index contributed by atoms with van der Waals surface area (Å²) in [7, 11) is 4.10. The Morgan fingerprint density at radius 2 is 1.82 bits per heavy atom. The molecule has 0 aliphatic carbocycles. The van der Waals surface area contributed by atoms with Gasteiger partial charge in [-0.1, -0.05) is 6.42 Å². The Kier molecular flexibility index (Phi) is 4.72. The van der Waals surface area contributed by atoms with Gasteiger partial charge in [0.25, 0.3) is 0 Å². The average Bonchev–Trinajstić information content (AvgIpc) is 1.87. The molecule has 0 saturated heterocycles. The smallest absolute Gasteiger partial charge is 0.0390 e. The Hall–Kier alpha value is -0.680. The van der Waals surface area contributed by atoms with Crippen LogP contribution in [-0.2, 0) is 0 Å². The van der Waals surface area contributed by atoms with Crippen LogP contribution in [0.3, 0.4) is 0 Å². The van der Waals surface area contributed by atoms with Crippen molar-refractivity contribution in [1.82, 2.24) is 9.80 Å². The van der Waals surface area contributed by atoms with Crippen molar-refractivity contribution in [3.8, 4) is 12.5 Å². The summed E-state index contributed by atoms with van der Waals surface area (Å²) in [5, 5.41) is 0. The molecule has 0 atom stereocenters. The van der Waals surface area contributed by atoms with Gasteiger partial charge in [-0.05, 0) is 27.9 Å². The predicted octanol–water partition coefficient (Wildman–Crippen LogP) is 0.849. The van der Waals surface area contributed by atoms with E-state index in [-0.39, 0.29) is 0 Å². The van der Waals surface area contributed by atoms with E-state index in [2.05, 4.69) is 38.9 Å². The molecule has 0 rings (SSSR count). The van der Waals surface area contributed by atoms with E-state index < -0.39 is 0 Å². The number of hydrogen-bond acceptors (Lipinski definition) is 2. The minimum Gasteiger partial charge on any atom is -0.329 e. The van der Waals surface area contributed by atoms with Crippen LogP contribution in [0.5, 0.6) is 0 Å². The second kappa shape index (κ2) is 5.03. The Labute approximate surface area is 70.2 Å². The van der Waals surface area contributed by atoms with Crippen LogP contribution in [0.1, 0.15) is 13.8 Å². The fourth-order valence-electron chi connectivity index (χ4n) is 0.780. The molecule has 0 aliphatic heterocycles. The SMILES string of the molecule is C#CN(CCN(C)C)C(C)C. The molecule has 2 nitrogen and oxygen atoms in total. The van der Waals surface area contributed by atoms with Gasteiger partial charge >= 0.3 is 0 Å². The molecule has 0 unspecified atom stereocenters. The molecule has 0 aromatic heterocycles. The minimum atomic E-state index is 0.444. The topological polar surface area (TPSA) is 6.48 Å². The van der Waals surface area contributed by atoms with Gasteiger partial charge in [0.15, 0.2) is 0 Å². The summed E-state index contributed by atoms with van der Waals surface area (Å²) in [6.07, 6.45) is 5.32. The predicted molar refractivity (Wildman–Crippen MR) is 49.2 cm³/mol. The van der Waals surface area contributed by atoms with E-state index in [1.54, 1.807) is 0 Å². The van der Waals surface area contributed by atoms with Gasteiger partial charge in [-0.15, -0.1) is 0 Å². The van der Waals surface area contributed by atoms with E-state index in [4.69, 9.17) is 6.42 Å². The number of likely N-dealkylation sites (N-methyl/N-ethyl adjacent to an activating group) is 1. The van der Waals surface area contributed by atoms with Gasteiger partial charge in [-0.2, -0.15) is 0 Å². The molecule has 0 heterocycles. The Morgan fingerprint density at radius 1 is 1.27 bits per heavy atom. The third kappa shape index (κ3) is 4.69. The summed E-state index contributed by atoms with van der Waals surface area (Å²) in [6, 6.07) is 3.11. The van der Waals surface area contributed by atoms with Crippen LogP contribution in [0.25, 0.3) is 0 Å². The maximum absolute atomic E-state index is 5.32. The lowest BCUT2D eigenvalue weighted by Gasteiger charge is -2.23. The Balaban J connectivity index is 3.64. The molecule has 0 aliphatic rings. The molecule has 0 radical (unpaired) electrons.